The Morgan fingerprint density at radius 1 is 1.33 bits per heavy atom. The monoisotopic (exact) mass is 257 g/mol. The lowest BCUT2D eigenvalue weighted by molar-refractivity contribution is -0.125. The van der Waals surface area contributed by atoms with E-state index in [1.165, 1.54) is 0 Å². The summed E-state index contributed by atoms with van der Waals surface area (Å²) in [4.78, 5) is 14.3. The predicted octanol–water partition coefficient (Wildman–Crippen LogP) is 0.0689. The third-order valence-electron chi connectivity index (χ3n) is 3.50. The molecule has 2 unspecified atom stereocenters. The van der Waals surface area contributed by atoms with Gasteiger partial charge in [-0.25, -0.2) is 0 Å². The van der Waals surface area contributed by atoms with E-state index >= 15 is 0 Å². The first kappa shape index (κ1) is 15.4. The Labute approximate surface area is 110 Å². The van der Waals surface area contributed by atoms with E-state index in [1.807, 2.05) is 7.05 Å². The van der Waals surface area contributed by atoms with E-state index in [0.717, 1.165) is 32.6 Å². The van der Waals surface area contributed by atoms with Crippen LogP contribution in [-0.4, -0.2) is 63.3 Å². The average Bonchev–Trinajstić information content (AvgIpc) is 2.85. The SMILES string of the molecule is CCCN(CC)CCNC(=O)C1COCC1NC. The topological polar surface area (TPSA) is 53.6 Å². The molecule has 0 aliphatic carbocycles. The Bertz CT molecular complexity index is 248. The number of rotatable bonds is 8. The minimum absolute atomic E-state index is 0.0451. The molecule has 0 saturated carbocycles. The zero-order valence-electron chi connectivity index (χ0n) is 11.9. The Balaban J connectivity index is 2.24. The summed E-state index contributed by atoms with van der Waals surface area (Å²) in [7, 11) is 1.87. The summed E-state index contributed by atoms with van der Waals surface area (Å²) in [5.41, 5.74) is 0. The van der Waals surface area contributed by atoms with Crippen LogP contribution in [0, 0.1) is 5.92 Å². The van der Waals surface area contributed by atoms with Crippen molar-refractivity contribution in [1.82, 2.24) is 15.5 Å². The zero-order chi connectivity index (χ0) is 13.4. The highest BCUT2D eigenvalue weighted by molar-refractivity contribution is 5.79. The van der Waals surface area contributed by atoms with Crippen LogP contribution in [0.15, 0.2) is 0 Å². The van der Waals surface area contributed by atoms with Gasteiger partial charge in [-0.1, -0.05) is 13.8 Å². The van der Waals surface area contributed by atoms with E-state index < -0.39 is 0 Å². The smallest absolute Gasteiger partial charge is 0.227 e. The van der Waals surface area contributed by atoms with Gasteiger partial charge in [0.2, 0.25) is 5.91 Å². The molecule has 5 nitrogen and oxygen atoms in total. The summed E-state index contributed by atoms with van der Waals surface area (Å²) in [5.74, 6) is 0.0654. The Morgan fingerprint density at radius 2 is 2.11 bits per heavy atom. The van der Waals surface area contributed by atoms with E-state index in [2.05, 4.69) is 29.4 Å². The predicted molar refractivity (Wildman–Crippen MR) is 72.6 cm³/mol. The molecule has 1 aliphatic rings. The highest BCUT2D eigenvalue weighted by Crippen LogP contribution is 2.13. The van der Waals surface area contributed by atoms with Gasteiger partial charge in [0, 0.05) is 19.1 Å². The van der Waals surface area contributed by atoms with Crippen molar-refractivity contribution in [1.29, 1.82) is 0 Å². The maximum Gasteiger partial charge on any atom is 0.227 e. The molecule has 2 N–H and O–H groups in total. The molecule has 1 fully saturated rings. The number of carbonyl (C=O) groups is 1. The van der Waals surface area contributed by atoms with Crippen LogP contribution in [0.3, 0.4) is 0 Å². The number of hydrogen-bond donors (Lipinski definition) is 2. The van der Waals surface area contributed by atoms with Crippen molar-refractivity contribution in [3.8, 4) is 0 Å². The van der Waals surface area contributed by atoms with Gasteiger partial charge in [-0.05, 0) is 26.6 Å². The minimum Gasteiger partial charge on any atom is -0.379 e. The second-order valence-corrected chi connectivity index (χ2v) is 4.76. The molecule has 1 heterocycles. The van der Waals surface area contributed by atoms with E-state index in [0.29, 0.717) is 13.2 Å². The van der Waals surface area contributed by atoms with Crippen LogP contribution in [0.5, 0.6) is 0 Å². The van der Waals surface area contributed by atoms with Crippen molar-refractivity contribution < 1.29 is 9.53 Å². The summed E-state index contributed by atoms with van der Waals surface area (Å²) >= 11 is 0. The molecule has 0 radical (unpaired) electrons. The Hall–Kier alpha value is -0.650. The van der Waals surface area contributed by atoms with Gasteiger partial charge in [0.25, 0.3) is 0 Å². The van der Waals surface area contributed by atoms with Crippen molar-refractivity contribution >= 4 is 5.91 Å². The van der Waals surface area contributed by atoms with Gasteiger partial charge in [0.05, 0.1) is 19.1 Å². The number of amides is 1. The summed E-state index contributed by atoms with van der Waals surface area (Å²) in [5, 5.41) is 6.14. The van der Waals surface area contributed by atoms with E-state index in [9.17, 15) is 4.79 Å². The average molecular weight is 257 g/mol. The molecule has 0 aromatic rings. The molecular formula is C13H27N3O2. The number of ether oxygens (including phenoxy) is 1. The quantitative estimate of drug-likeness (QED) is 0.646. The van der Waals surface area contributed by atoms with Gasteiger partial charge in [0.1, 0.15) is 0 Å². The maximum atomic E-state index is 12.0. The number of likely N-dealkylation sites (N-methyl/N-ethyl adjacent to an activating group) is 2. The fourth-order valence-corrected chi connectivity index (χ4v) is 2.31. The molecule has 1 rings (SSSR count). The number of carbonyl (C=O) groups excluding carboxylic acids is 1. The first-order valence-corrected chi connectivity index (χ1v) is 6.98. The van der Waals surface area contributed by atoms with E-state index in [4.69, 9.17) is 4.74 Å². The molecule has 0 aromatic carbocycles. The first-order valence-electron chi connectivity index (χ1n) is 6.98. The van der Waals surface area contributed by atoms with Crippen molar-refractivity contribution in [2.45, 2.75) is 26.3 Å². The summed E-state index contributed by atoms with van der Waals surface area (Å²) in [6.45, 7) is 9.27. The second-order valence-electron chi connectivity index (χ2n) is 4.76. The van der Waals surface area contributed by atoms with E-state index in [-0.39, 0.29) is 17.9 Å². The van der Waals surface area contributed by atoms with Crippen molar-refractivity contribution in [3.05, 3.63) is 0 Å². The fourth-order valence-electron chi connectivity index (χ4n) is 2.31. The van der Waals surface area contributed by atoms with Crippen LogP contribution in [0.25, 0.3) is 0 Å². The number of hydrogen-bond acceptors (Lipinski definition) is 4. The lowest BCUT2D eigenvalue weighted by Gasteiger charge is -2.21. The molecule has 2 atom stereocenters. The molecule has 1 amide bonds. The van der Waals surface area contributed by atoms with Crippen LogP contribution in [-0.2, 0) is 9.53 Å². The van der Waals surface area contributed by atoms with Crippen LogP contribution >= 0.6 is 0 Å². The van der Waals surface area contributed by atoms with Gasteiger partial charge in [-0.2, -0.15) is 0 Å². The summed E-state index contributed by atoms with van der Waals surface area (Å²) < 4.78 is 5.34. The lowest BCUT2D eigenvalue weighted by Crippen LogP contribution is -2.44. The van der Waals surface area contributed by atoms with Crippen molar-refractivity contribution in [2.75, 3.05) is 46.4 Å². The summed E-state index contributed by atoms with van der Waals surface area (Å²) in [6.07, 6.45) is 1.15. The molecule has 0 aromatic heterocycles. The number of nitrogens with zero attached hydrogens (tertiary/aromatic N) is 1. The van der Waals surface area contributed by atoms with Gasteiger partial charge < -0.3 is 20.3 Å². The third-order valence-corrected chi connectivity index (χ3v) is 3.50. The highest BCUT2D eigenvalue weighted by atomic mass is 16.5. The minimum atomic E-state index is -0.0451. The Morgan fingerprint density at radius 3 is 2.72 bits per heavy atom. The molecule has 1 aliphatic heterocycles. The van der Waals surface area contributed by atoms with Crippen molar-refractivity contribution in [2.24, 2.45) is 5.92 Å². The molecule has 1 saturated heterocycles. The standard InChI is InChI=1S/C13H27N3O2/c1-4-7-16(5-2)8-6-15-13(17)11-9-18-10-12(11)14-3/h11-12,14H,4-10H2,1-3H3,(H,15,17). The van der Waals surface area contributed by atoms with Crippen molar-refractivity contribution in [3.63, 3.8) is 0 Å². The van der Waals surface area contributed by atoms with Gasteiger partial charge in [-0.3, -0.25) is 4.79 Å². The van der Waals surface area contributed by atoms with E-state index in [1.54, 1.807) is 0 Å². The largest absolute Gasteiger partial charge is 0.379 e. The van der Waals surface area contributed by atoms with Gasteiger partial charge >= 0.3 is 0 Å². The normalized spacial score (nSPS) is 23.6. The van der Waals surface area contributed by atoms with Crippen LogP contribution < -0.4 is 10.6 Å². The van der Waals surface area contributed by atoms with Gasteiger partial charge in [0.15, 0.2) is 0 Å². The molecule has 0 spiro atoms. The van der Waals surface area contributed by atoms with Crippen LogP contribution in [0.1, 0.15) is 20.3 Å². The van der Waals surface area contributed by atoms with Crippen LogP contribution in [0.2, 0.25) is 0 Å². The summed E-state index contributed by atoms with van der Waals surface area (Å²) in [6, 6.07) is 0.155. The maximum absolute atomic E-state index is 12.0. The molecule has 0 bridgehead atoms. The third kappa shape index (κ3) is 4.55. The fraction of sp³-hybridized carbons (Fsp3) is 0.923. The van der Waals surface area contributed by atoms with Gasteiger partial charge in [-0.15, -0.1) is 0 Å². The first-order chi connectivity index (χ1) is 8.72. The molecule has 106 valence electrons. The molecule has 18 heavy (non-hydrogen) atoms. The Kier molecular flexibility index (Phi) is 7.23. The lowest BCUT2D eigenvalue weighted by atomic mass is 10.0. The number of nitrogens with one attached hydrogen (secondary N) is 2. The molecular weight excluding hydrogens is 230 g/mol. The highest BCUT2D eigenvalue weighted by Gasteiger charge is 2.32. The zero-order valence-corrected chi connectivity index (χ0v) is 11.9. The van der Waals surface area contributed by atoms with Crippen LogP contribution in [0.4, 0.5) is 0 Å². The second kappa shape index (κ2) is 8.45. The molecule has 5 heteroatoms.